The summed E-state index contributed by atoms with van der Waals surface area (Å²) in [4.78, 5) is 24.1. The number of hydrogen-bond acceptors (Lipinski definition) is 7. The van der Waals surface area contributed by atoms with Gasteiger partial charge in [-0.3, -0.25) is 10.1 Å². The first kappa shape index (κ1) is 18.6. The number of anilines is 2. The molecule has 0 bridgehead atoms. The van der Waals surface area contributed by atoms with Gasteiger partial charge in [-0.2, -0.15) is 0 Å². The Kier molecular flexibility index (Phi) is 6.38. The van der Waals surface area contributed by atoms with Gasteiger partial charge in [-0.1, -0.05) is 18.6 Å². The van der Waals surface area contributed by atoms with Crippen molar-refractivity contribution in [3.63, 3.8) is 0 Å². The molecule has 0 unspecified atom stereocenters. The van der Waals surface area contributed by atoms with E-state index < -0.39 is 0 Å². The Morgan fingerprint density at radius 2 is 2.04 bits per heavy atom. The maximum atomic E-state index is 11.7. The number of nitrogens with zero attached hydrogens (tertiary/aromatic N) is 5. The second-order valence-corrected chi connectivity index (χ2v) is 6.86. The first-order chi connectivity index (χ1) is 12.7. The van der Waals surface area contributed by atoms with Crippen LogP contribution < -0.4 is 10.2 Å². The lowest BCUT2D eigenvalue weighted by Crippen LogP contribution is -2.46. The van der Waals surface area contributed by atoms with E-state index >= 15 is 0 Å². The fraction of sp³-hybridized carbons (Fsp3) is 0.667. The number of likely N-dealkylation sites (N-methyl/N-ethyl adjacent to an activating group) is 1. The summed E-state index contributed by atoms with van der Waals surface area (Å²) < 4.78 is 0. The van der Waals surface area contributed by atoms with Crippen molar-refractivity contribution in [3.8, 4) is 0 Å². The quantitative estimate of drug-likeness (QED) is 0.454. The van der Waals surface area contributed by atoms with Gasteiger partial charge in [-0.15, -0.1) is 0 Å². The van der Waals surface area contributed by atoms with E-state index in [-0.39, 0.29) is 10.6 Å². The van der Waals surface area contributed by atoms with Crippen molar-refractivity contribution in [2.24, 2.45) is 0 Å². The van der Waals surface area contributed by atoms with Gasteiger partial charge in [-0.05, 0) is 38.6 Å². The molecule has 8 nitrogen and oxygen atoms in total. The number of aromatic nitrogens is 2. The molecular weight excluding hydrogens is 332 g/mol. The molecular formula is C18H28N6O2. The maximum Gasteiger partial charge on any atom is 0.353 e. The van der Waals surface area contributed by atoms with E-state index in [0.29, 0.717) is 18.2 Å². The molecule has 0 atom stereocenters. The first-order valence-corrected chi connectivity index (χ1v) is 9.57. The summed E-state index contributed by atoms with van der Waals surface area (Å²) in [7, 11) is 0. The molecule has 1 saturated heterocycles. The van der Waals surface area contributed by atoms with Gasteiger partial charge in [0.15, 0.2) is 0 Å². The highest BCUT2D eigenvalue weighted by atomic mass is 16.6. The predicted molar refractivity (Wildman–Crippen MR) is 103 cm³/mol. The molecule has 3 rings (SSSR count). The third-order valence-corrected chi connectivity index (χ3v) is 5.23. The minimum atomic E-state index is -0.357. The van der Waals surface area contributed by atoms with E-state index in [1.165, 1.54) is 24.7 Å². The van der Waals surface area contributed by atoms with Gasteiger partial charge in [0, 0.05) is 32.7 Å². The van der Waals surface area contributed by atoms with Crippen LogP contribution in [-0.2, 0) is 0 Å². The molecule has 0 spiro atoms. The molecule has 26 heavy (non-hydrogen) atoms. The minimum absolute atomic E-state index is 0.00456. The van der Waals surface area contributed by atoms with Crippen LogP contribution >= 0.6 is 0 Å². The lowest BCUT2D eigenvalue weighted by Gasteiger charge is -2.34. The lowest BCUT2D eigenvalue weighted by atomic mass is 9.97. The average Bonchev–Trinajstić information content (AvgIpc) is 2.68. The zero-order chi connectivity index (χ0) is 18.4. The van der Waals surface area contributed by atoms with Crippen molar-refractivity contribution >= 4 is 17.3 Å². The molecule has 0 aromatic carbocycles. The molecule has 2 aliphatic rings. The third-order valence-electron chi connectivity index (χ3n) is 5.23. The number of piperazine rings is 1. The van der Waals surface area contributed by atoms with E-state index in [0.717, 1.165) is 52.0 Å². The van der Waals surface area contributed by atoms with E-state index in [9.17, 15) is 10.1 Å². The highest BCUT2D eigenvalue weighted by molar-refractivity contribution is 5.70. The Balaban J connectivity index is 1.69. The van der Waals surface area contributed by atoms with Crippen molar-refractivity contribution in [1.29, 1.82) is 0 Å². The van der Waals surface area contributed by atoms with Gasteiger partial charge in [0.25, 0.3) is 0 Å². The Morgan fingerprint density at radius 1 is 1.23 bits per heavy atom. The second kappa shape index (κ2) is 8.93. The van der Waals surface area contributed by atoms with Crippen LogP contribution in [0, 0.1) is 10.1 Å². The lowest BCUT2D eigenvalue weighted by molar-refractivity contribution is -0.383. The van der Waals surface area contributed by atoms with Crippen molar-refractivity contribution < 1.29 is 4.92 Å². The van der Waals surface area contributed by atoms with Crippen LogP contribution in [0.25, 0.3) is 0 Å². The molecule has 1 aliphatic heterocycles. The Hall–Kier alpha value is -2.22. The van der Waals surface area contributed by atoms with Gasteiger partial charge in [0.2, 0.25) is 11.6 Å². The molecule has 0 saturated carbocycles. The Morgan fingerprint density at radius 3 is 2.69 bits per heavy atom. The molecule has 1 N–H and O–H groups in total. The summed E-state index contributed by atoms with van der Waals surface area (Å²) in [5.41, 5.74) is 1.44. The minimum Gasteiger partial charge on any atom is -0.364 e. The van der Waals surface area contributed by atoms with Crippen LogP contribution in [0.15, 0.2) is 18.0 Å². The number of rotatable bonds is 7. The standard InChI is InChI=1S/C18H28N6O2/c1-2-22-10-12-23(13-11-22)18-16(24(25)26)17(20-14-21-18)19-9-8-15-6-4-3-5-7-15/h6,14H,2-5,7-13H2,1H3,(H,19,20,21). The smallest absolute Gasteiger partial charge is 0.353 e. The van der Waals surface area contributed by atoms with Crippen molar-refractivity contribution in [2.45, 2.75) is 39.0 Å². The van der Waals surface area contributed by atoms with E-state index in [2.05, 4.69) is 33.2 Å². The number of hydrogen-bond donors (Lipinski definition) is 1. The van der Waals surface area contributed by atoms with Gasteiger partial charge in [0.1, 0.15) is 6.33 Å². The number of nitro groups is 1. The van der Waals surface area contributed by atoms with Crippen LogP contribution in [0.1, 0.15) is 39.0 Å². The van der Waals surface area contributed by atoms with Gasteiger partial charge in [-0.25, -0.2) is 9.97 Å². The fourth-order valence-electron chi connectivity index (χ4n) is 3.65. The molecule has 2 heterocycles. The average molecular weight is 360 g/mol. The maximum absolute atomic E-state index is 11.7. The molecule has 1 aromatic heterocycles. The molecule has 1 aromatic rings. The van der Waals surface area contributed by atoms with E-state index in [1.54, 1.807) is 0 Å². The summed E-state index contributed by atoms with van der Waals surface area (Å²) in [6, 6.07) is 0. The summed E-state index contributed by atoms with van der Waals surface area (Å²) in [6.45, 7) is 7.08. The fourth-order valence-corrected chi connectivity index (χ4v) is 3.65. The van der Waals surface area contributed by atoms with E-state index in [4.69, 9.17) is 0 Å². The normalized spacial score (nSPS) is 18.5. The zero-order valence-electron chi connectivity index (χ0n) is 15.5. The highest BCUT2D eigenvalue weighted by Gasteiger charge is 2.28. The molecule has 1 fully saturated rings. The summed E-state index contributed by atoms with van der Waals surface area (Å²) in [5, 5.41) is 14.9. The molecule has 142 valence electrons. The first-order valence-electron chi connectivity index (χ1n) is 9.57. The number of allylic oxidation sites excluding steroid dienone is 1. The largest absolute Gasteiger partial charge is 0.364 e. The second-order valence-electron chi connectivity index (χ2n) is 6.86. The Bertz CT molecular complexity index is 655. The van der Waals surface area contributed by atoms with E-state index in [1.807, 2.05) is 4.90 Å². The predicted octanol–water partition coefficient (Wildman–Crippen LogP) is 2.83. The van der Waals surface area contributed by atoms with Crippen LogP contribution in [-0.4, -0.2) is 59.1 Å². The monoisotopic (exact) mass is 360 g/mol. The molecule has 1 aliphatic carbocycles. The summed E-state index contributed by atoms with van der Waals surface area (Å²) in [6.07, 6.45) is 9.44. The zero-order valence-corrected chi connectivity index (χ0v) is 15.5. The van der Waals surface area contributed by atoms with Crippen molar-refractivity contribution in [2.75, 3.05) is 49.5 Å². The van der Waals surface area contributed by atoms with Crippen molar-refractivity contribution in [3.05, 3.63) is 28.1 Å². The van der Waals surface area contributed by atoms with Crippen LogP contribution in [0.5, 0.6) is 0 Å². The van der Waals surface area contributed by atoms with Gasteiger partial charge < -0.3 is 15.1 Å². The van der Waals surface area contributed by atoms with Crippen LogP contribution in [0.4, 0.5) is 17.3 Å². The number of nitrogens with one attached hydrogen (secondary N) is 1. The third kappa shape index (κ3) is 4.49. The summed E-state index contributed by atoms with van der Waals surface area (Å²) >= 11 is 0. The topological polar surface area (TPSA) is 87.4 Å². The molecule has 8 heteroatoms. The highest BCUT2D eigenvalue weighted by Crippen LogP contribution is 2.32. The van der Waals surface area contributed by atoms with Gasteiger partial charge in [0.05, 0.1) is 4.92 Å². The Labute approximate surface area is 154 Å². The molecule has 0 amide bonds. The molecule has 0 radical (unpaired) electrons. The SMILES string of the molecule is CCN1CCN(c2ncnc(NCCC3=CCCCC3)c2[N+](=O)[O-])CC1. The van der Waals surface area contributed by atoms with Crippen molar-refractivity contribution in [1.82, 2.24) is 14.9 Å². The summed E-state index contributed by atoms with van der Waals surface area (Å²) in [5.74, 6) is 0.759. The van der Waals surface area contributed by atoms with Crippen LogP contribution in [0.2, 0.25) is 0 Å². The van der Waals surface area contributed by atoms with Gasteiger partial charge >= 0.3 is 5.69 Å². The van der Waals surface area contributed by atoms with Crippen LogP contribution in [0.3, 0.4) is 0 Å².